The molecule has 1 aromatic carbocycles. The number of nitrogen functional groups attached to an aromatic ring is 1. The van der Waals surface area contributed by atoms with Crippen molar-refractivity contribution in [2.24, 2.45) is 0 Å². The number of hydrogen-bond acceptors (Lipinski definition) is 2. The van der Waals surface area contributed by atoms with Crippen molar-refractivity contribution in [3.8, 4) is 11.3 Å². The zero-order valence-electron chi connectivity index (χ0n) is 11.1. The summed E-state index contributed by atoms with van der Waals surface area (Å²) >= 11 is 5.93. The number of halogens is 1. The molecule has 1 aliphatic rings. The summed E-state index contributed by atoms with van der Waals surface area (Å²) in [4.78, 5) is 4.79. The Morgan fingerprint density at radius 3 is 2.58 bits per heavy atom. The first kappa shape index (κ1) is 12.5. The fourth-order valence-electron chi connectivity index (χ4n) is 2.42. The van der Waals surface area contributed by atoms with Crippen LogP contribution in [0.3, 0.4) is 0 Å². The Hall–Kier alpha value is -1.48. The molecule has 0 atom stereocenters. The molecule has 0 radical (unpaired) electrons. The van der Waals surface area contributed by atoms with Gasteiger partial charge >= 0.3 is 0 Å². The third-order valence-electron chi connectivity index (χ3n) is 3.54. The number of anilines is 1. The van der Waals surface area contributed by atoms with Gasteiger partial charge < -0.3 is 10.3 Å². The highest BCUT2D eigenvalue weighted by Crippen LogP contribution is 2.42. The maximum atomic E-state index is 6.29. The van der Waals surface area contributed by atoms with Gasteiger partial charge in [0, 0.05) is 23.0 Å². The van der Waals surface area contributed by atoms with E-state index in [9.17, 15) is 0 Å². The molecule has 0 saturated heterocycles. The highest BCUT2D eigenvalue weighted by molar-refractivity contribution is 6.30. The van der Waals surface area contributed by atoms with Crippen molar-refractivity contribution in [2.75, 3.05) is 5.73 Å². The van der Waals surface area contributed by atoms with E-state index in [2.05, 4.69) is 11.5 Å². The lowest BCUT2D eigenvalue weighted by Gasteiger charge is -2.07. The summed E-state index contributed by atoms with van der Waals surface area (Å²) in [7, 11) is 0. The molecule has 1 fully saturated rings. The predicted octanol–water partition coefficient (Wildman–Crippen LogP) is 4.07. The van der Waals surface area contributed by atoms with E-state index < -0.39 is 0 Å². The molecule has 0 bridgehead atoms. The summed E-state index contributed by atoms with van der Waals surface area (Å²) in [6.07, 6.45) is 3.54. The van der Waals surface area contributed by atoms with Crippen molar-refractivity contribution in [2.45, 2.75) is 38.6 Å². The number of imidazole rings is 1. The first-order valence-electron chi connectivity index (χ1n) is 6.82. The summed E-state index contributed by atoms with van der Waals surface area (Å²) in [6.45, 7) is 3.11. The quantitative estimate of drug-likeness (QED) is 0.914. The molecule has 1 aromatic heterocycles. The number of aromatic nitrogens is 2. The highest BCUT2D eigenvalue weighted by Gasteiger charge is 2.30. The van der Waals surface area contributed by atoms with Crippen LogP contribution >= 0.6 is 11.6 Å². The lowest BCUT2D eigenvalue weighted by Crippen LogP contribution is -2.06. The highest BCUT2D eigenvalue weighted by atomic mass is 35.5. The number of rotatable bonds is 4. The Bertz CT molecular complexity index is 582. The monoisotopic (exact) mass is 275 g/mol. The first-order valence-corrected chi connectivity index (χ1v) is 7.20. The van der Waals surface area contributed by atoms with Crippen molar-refractivity contribution in [1.82, 2.24) is 9.55 Å². The number of hydrogen-bond donors (Lipinski definition) is 1. The molecule has 0 amide bonds. The van der Waals surface area contributed by atoms with Crippen LogP contribution in [-0.2, 0) is 6.54 Å². The zero-order chi connectivity index (χ0) is 13.4. The van der Waals surface area contributed by atoms with Gasteiger partial charge in [-0.05, 0) is 31.4 Å². The van der Waals surface area contributed by atoms with E-state index in [-0.39, 0.29) is 0 Å². The van der Waals surface area contributed by atoms with Crippen LogP contribution in [0.4, 0.5) is 5.82 Å². The number of nitrogens with two attached hydrogens (primary N) is 1. The molecule has 1 aliphatic carbocycles. The van der Waals surface area contributed by atoms with Gasteiger partial charge in [0.25, 0.3) is 0 Å². The molecular weight excluding hydrogens is 258 g/mol. The molecule has 2 N–H and O–H groups in total. The maximum Gasteiger partial charge on any atom is 0.131 e. The lowest BCUT2D eigenvalue weighted by atomic mass is 10.1. The smallest absolute Gasteiger partial charge is 0.131 e. The Balaban J connectivity index is 2.06. The average Bonchev–Trinajstić information content (AvgIpc) is 3.19. The van der Waals surface area contributed by atoms with E-state index in [0.717, 1.165) is 40.9 Å². The van der Waals surface area contributed by atoms with Crippen molar-refractivity contribution in [1.29, 1.82) is 0 Å². The van der Waals surface area contributed by atoms with Crippen LogP contribution in [0.1, 0.15) is 37.9 Å². The van der Waals surface area contributed by atoms with Crippen molar-refractivity contribution in [3.05, 3.63) is 35.1 Å². The van der Waals surface area contributed by atoms with Crippen LogP contribution in [-0.4, -0.2) is 9.55 Å². The van der Waals surface area contributed by atoms with Gasteiger partial charge in [0.2, 0.25) is 0 Å². The number of nitrogens with zero attached hydrogens (tertiary/aromatic N) is 2. The molecule has 19 heavy (non-hydrogen) atoms. The van der Waals surface area contributed by atoms with E-state index in [0.29, 0.717) is 5.92 Å². The van der Waals surface area contributed by atoms with Gasteiger partial charge in [0.15, 0.2) is 0 Å². The van der Waals surface area contributed by atoms with Gasteiger partial charge in [-0.3, -0.25) is 0 Å². The Morgan fingerprint density at radius 1 is 1.32 bits per heavy atom. The predicted molar refractivity (Wildman–Crippen MR) is 79.4 cm³/mol. The molecular formula is C15H18ClN3. The second-order valence-electron chi connectivity index (χ2n) is 5.14. The normalized spacial score (nSPS) is 14.8. The minimum Gasteiger partial charge on any atom is -0.383 e. The fraction of sp³-hybridized carbons (Fsp3) is 0.400. The minimum atomic E-state index is 0.606. The molecule has 3 rings (SSSR count). The second-order valence-corrected chi connectivity index (χ2v) is 5.57. The lowest BCUT2D eigenvalue weighted by molar-refractivity contribution is 0.646. The van der Waals surface area contributed by atoms with Crippen LogP contribution in [0.2, 0.25) is 5.02 Å². The molecule has 4 heteroatoms. The SMILES string of the molecule is CCCn1c(C2CC2)nc(-c2ccc(Cl)cc2)c1N. The van der Waals surface area contributed by atoms with E-state index in [1.54, 1.807) is 0 Å². The van der Waals surface area contributed by atoms with E-state index in [4.69, 9.17) is 22.3 Å². The second kappa shape index (κ2) is 4.89. The van der Waals surface area contributed by atoms with Gasteiger partial charge in [-0.15, -0.1) is 0 Å². The summed E-state index contributed by atoms with van der Waals surface area (Å²) < 4.78 is 2.18. The van der Waals surface area contributed by atoms with Crippen molar-refractivity contribution < 1.29 is 0 Å². The van der Waals surface area contributed by atoms with Gasteiger partial charge in [-0.2, -0.15) is 0 Å². The summed E-state index contributed by atoms with van der Waals surface area (Å²) in [5.74, 6) is 2.55. The third kappa shape index (κ3) is 2.35. The molecule has 1 saturated carbocycles. The van der Waals surface area contributed by atoms with Crippen molar-refractivity contribution in [3.63, 3.8) is 0 Å². The summed E-state index contributed by atoms with van der Waals surface area (Å²) in [6, 6.07) is 7.72. The largest absolute Gasteiger partial charge is 0.383 e. The molecule has 2 aromatic rings. The van der Waals surface area contributed by atoms with Crippen molar-refractivity contribution >= 4 is 17.4 Å². The van der Waals surface area contributed by atoms with Crippen LogP contribution in [0.25, 0.3) is 11.3 Å². The molecule has 0 unspecified atom stereocenters. The zero-order valence-corrected chi connectivity index (χ0v) is 11.8. The van der Waals surface area contributed by atoms with Gasteiger partial charge in [0.05, 0.1) is 0 Å². The average molecular weight is 276 g/mol. The standard InChI is InChI=1S/C15H18ClN3/c1-2-9-19-14(17)13(18-15(19)11-3-4-11)10-5-7-12(16)8-6-10/h5-8,11H,2-4,9,17H2,1H3. The van der Waals surface area contributed by atoms with Gasteiger partial charge in [-0.25, -0.2) is 4.98 Å². The van der Waals surface area contributed by atoms with E-state index in [1.807, 2.05) is 24.3 Å². The Labute approximate surface area is 118 Å². The minimum absolute atomic E-state index is 0.606. The topological polar surface area (TPSA) is 43.8 Å². The summed E-state index contributed by atoms with van der Waals surface area (Å²) in [5, 5.41) is 0.734. The van der Waals surface area contributed by atoms with E-state index >= 15 is 0 Å². The molecule has 3 nitrogen and oxygen atoms in total. The molecule has 0 spiro atoms. The van der Waals surface area contributed by atoms with E-state index in [1.165, 1.54) is 12.8 Å². The maximum absolute atomic E-state index is 6.29. The van der Waals surface area contributed by atoms with Crippen LogP contribution < -0.4 is 5.73 Å². The van der Waals surface area contributed by atoms with Gasteiger partial charge in [-0.1, -0.05) is 30.7 Å². The summed E-state index contributed by atoms with van der Waals surface area (Å²) in [5.41, 5.74) is 8.23. The first-order chi connectivity index (χ1) is 9.20. The van der Waals surface area contributed by atoms with Gasteiger partial charge in [0.1, 0.15) is 17.3 Å². The van der Waals surface area contributed by atoms with Crippen LogP contribution in [0, 0.1) is 0 Å². The molecule has 100 valence electrons. The van der Waals surface area contributed by atoms with Crippen LogP contribution in [0.15, 0.2) is 24.3 Å². The van der Waals surface area contributed by atoms with Crippen LogP contribution in [0.5, 0.6) is 0 Å². The molecule has 1 heterocycles. The molecule has 0 aliphatic heterocycles. The Kier molecular flexibility index (Phi) is 3.23. The fourth-order valence-corrected chi connectivity index (χ4v) is 2.54. The number of benzene rings is 1. The third-order valence-corrected chi connectivity index (χ3v) is 3.80. The Morgan fingerprint density at radius 2 is 2.00 bits per heavy atom.